The Kier molecular flexibility index (Phi) is 3.72. The lowest BCUT2D eigenvalue weighted by atomic mass is 9.94. The van der Waals surface area contributed by atoms with Gasteiger partial charge in [-0.1, -0.05) is 6.07 Å². The van der Waals surface area contributed by atoms with Gasteiger partial charge in [-0.05, 0) is 17.7 Å². The lowest BCUT2D eigenvalue weighted by Crippen LogP contribution is -2.45. The summed E-state index contributed by atoms with van der Waals surface area (Å²) in [6, 6.07) is 4.54. The minimum absolute atomic E-state index is 0.309. The maximum atomic E-state index is 11.3. The number of aliphatic carboxylic acids is 1. The summed E-state index contributed by atoms with van der Waals surface area (Å²) in [5.74, 6) is 0.334. The standard InChI is InChI=1S/C15H17N3O4/c1-21-11-4-3-8(5-12(11)22-2)13-14-9(16-7-17-14)6-10(18-13)15(19)20/h3-5,7,10,13,18H,6H2,1-2H3,(H,16,17)(H,19,20)/t10-,13+/m1/s1. The quantitative estimate of drug-likeness (QED) is 0.783. The number of aromatic amines is 1. The number of nitrogens with one attached hydrogen (secondary N) is 2. The number of carboxylic acids is 1. The van der Waals surface area contributed by atoms with E-state index in [1.54, 1.807) is 26.6 Å². The third-order valence-corrected chi connectivity index (χ3v) is 3.84. The summed E-state index contributed by atoms with van der Waals surface area (Å²) in [5.41, 5.74) is 2.52. The predicted molar refractivity (Wildman–Crippen MR) is 78.2 cm³/mol. The van der Waals surface area contributed by atoms with Gasteiger partial charge in [0.05, 0.1) is 32.3 Å². The highest BCUT2D eigenvalue weighted by atomic mass is 16.5. The minimum Gasteiger partial charge on any atom is -0.493 e. The van der Waals surface area contributed by atoms with Gasteiger partial charge in [0.25, 0.3) is 0 Å². The highest BCUT2D eigenvalue weighted by molar-refractivity contribution is 5.74. The van der Waals surface area contributed by atoms with Gasteiger partial charge in [-0.2, -0.15) is 0 Å². The van der Waals surface area contributed by atoms with Gasteiger partial charge in [0, 0.05) is 12.1 Å². The Morgan fingerprint density at radius 2 is 2.09 bits per heavy atom. The summed E-state index contributed by atoms with van der Waals surface area (Å²) in [7, 11) is 3.14. The SMILES string of the molecule is COc1ccc([C@@H]2N[C@@H](C(=O)O)Cc3[nH]cnc32)cc1OC. The van der Waals surface area contributed by atoms with E-state index in [1.165, 1.54) is 0 Å². The monoisotopic (exact) mass is 303 g/mol. The van der Waals surface area contributed by atoms with Gasteiger partial charge in [-0.25, -0.2) is 4.98 Å². The first-order valence-electron chi connectivity index (χ1n) is 6.87. The smallest absolute Gasteiger partial charge is 0.321 e. The van der Waals surface area contributed by atoms with Gasteiger partial charge in [-0.3, -0.25) is 10.1 Å². The molecule has 2 aromatic rings. The topological polar surface area (TPSA) is 96.5 Å². The summed E-state index contributed by atoms with van der Waals surface area (Å²) in [6.45, 7) is 0. The molecule has 7 heteroatoms. The molecule has 3 N–H and O–H groups in total. The molecule has 0 bridgehead atoms. The van der Waals surface area contributed by atoms with Crippen LogP contribution in [0.1, 0.15) is 23.0 Å². The number of imidazole rings is 1. The molecule has 116 valence electrons. The molecule has 0 saturated carbocycles. The van der Waals surface area contributed by atoms with Gasteiger partial charge in [0.15, 0.2) is 11.5 Å². The zero-order chi connectivity index (χ0) is 15.7. The molecule has 2 atom stereocenters. The molecule has 0 saturated heterocycles. The van der Waals surface area contributed by atoms with Gasteiger partial charge < -0.3 is 19.6 Å². The maximum absolute atomic E-state index is 11.3. The molecule has 1 aliphatic heterocycles. The molecule has 2 heterocycles. The fourth-order valence-corrected chi connectivity index (χ4v) is 2.73. The maximum Gasteiger partial charge on any atom is 0.321 e. The third kappa shape index (κ3) is 2.39. The van der Waals surface area contributed by atoms with Crippen LogP contribution in [-0.2, 0) is 11.2 Å². The van der Waals surface area contributed by atoms with Crippen LogP contribution in [0, 0.1) is 0 Å². The second-order valence-corrected chi connectivity index (χ2v) is 5.08. The van der Waals surface area contributed by atoms with E-state index in [1.807, 2.05) is 12.1 Å². The number of aromatic nitrogens is 2. The number of nitrogens with zero attached hydrogens (tertiary/aromatic N) is 1. The van der Waals surface area contributed by atoms with Crippen molar-refractivity contribution < 1.29 is 19.4 Å². The molecular weight excluding hydrogens is 286 g/mol. The number of methoxy groups -OCH3 is 2. The number of rotatable bonds is 4. The van der Waals surface area contributed by atoms with Crippen molar-refractivity contribution in [1.29, 1.82) is 0 Å². The largest absolute Gasteiger partial charge is 0.493 e. The molecule has 22 heavy (non-hydrogen) atoms. The summed E-state index contributed by atoms with van der Waals surface area (Å²) in [4.78, 5) is 18.7. The summed E-state index contributed by atoms with van der Waals surface area (Å²) in [5, 5.41) is 12.4. The Morgan fingerprint density at radius 3 is 2.77 bits per heavy atom. The Bertz CT molecular complexity index is 698. The third-order valence-electron chi connectivity index (χ3n) is 3.84. The van der Waals surface area contributed by atoms with E-state index >= 15 is 0 Å². The van der Waals surface area contributed by atoms with Crippen LogP contribution in [0.15, 0.2) is 24.5 Å². The number of benzene rings is 1. The second-order valence-electron chi connectivity index (χ2n) is 5.08. The molecular formula is C15H17N3O4. The Morgan fingerprint density at radius 1 is 1.32 bits per heavy atom. The lowest BCUT2D eigenvalue weighted by Gasteiger charge is -2.28. The predicted octanol–water partition coefficient (Wildman–Crippen LogP) is 1.12. The van der Waals surface area contributed by atoms with Crippen molar-refractivity contribution in [3.8, 4) is 11.5 Å². The minimum atomic E-state index is -0.884. The molecule has 1 aromatic carbocycles. The fourth-order valence-electron chi connectivity index (χ4n) is 2.73. The molecule has 0 aliphatic carbocycles. The van der Waals surface area contributed by atoms with Crippen molar-refractivity contribution in [3.63, 3.8) is 0 Å². The fraction of sp³-hybridized carbons (Fsp3) is 0.333. The van der Waals surface area contributed by atoms with Crippen molar-refractivity contribution in [1.82, 2.24) is 15.3 Å². The molecule has 0 spiro atoms. The van der Waals surface area contributed by atoms with Crippen LogP contribution >= 0.6 is 0 Å². The first-order chi connectivity index (χ1) is 10.6. The Labute approximate surface area is 127 Å². The average Bonchev–Trinajstić information content (AvgIpc) is 3.01. The molecule has 0 unspecified atom stereocenters. The van der Waals surface area contributed by atoms with Crippen LogP contribution in [-0.4, -0.2) is 41.3 Å². The molecule has 7 nitrogen and oxygen atoms in total. The van der Waals surface area contributed by atoms with E-state index in [-0.39, 0.29) is 6.04 Å². The van der Waals surface area contributed by atoms with E-state index in [0.717, 1.165) is 17.0 Å². The van der Waals surface area contributed by atoms with Crippen LogP contribution in [0.3, 0.4) is 0 Å². The highest BCUT2D eigenvalue weighted by Crippen LogP contribution is 2.34. The van der Waals surface area contributed by atoms with Crippen molar-refractivity contribution in [2.45, 2.75) is 18.5 Å². The number of carbonyl (C=O) groups is 1. The summed E-state index contributed by atoms with van der Waals surface area (Å²) < 4.78 is 10.5. The zero-order valence-electron chi connectivity index (χ0n) is 12.3. The summed E-state index contributed by atoms with van der Waals surface area (Å²) in [6.07, 6.45) is 1.97. The molecule has 1 aliphatic rings. The van der Waals surface area contributed by atoms with Gasteiger partial charge in [-0.15, -0.1) is 0 Å². The molecule has 0 fully saturated rings. The number of ether oxygens (including phenoxy) is 2. The second kappa shape index (κ2) is 5.69. The first-order valence-corrected chi connectivity index (χ1v) is 6.87. The Balaban J connectivity index is 2.02. The Hall–Kier alpha value is -2.54. The zero-order valence-corrected chi connectivity index (χ0v) is 12.3. The van der Waals surface area contributed by atoms with Crippen LogP contribution < -0.4 is 14.8 Å². The van der Waals surface area contributed by atoms with Crippen LogP contribution in [0.4, 0.5) is 0 Å². The van der Waals surface area contributed by atoms with Crippen molar-refractivity contribution in [3.05, 3.63) is 41.5 Å². The highest BCUT2D eigenvalue weighted by Gasteiger charge is 2.33. The molecule has 3 rings (SSSR count). The van der Waals surface area contributed by atoms with Gasteiger partial charge in [0.1, 0.15) is 6.04 Å². The average molecular weight is 303 g/mol. The van der Waals surface area contributed by atoms with E-state index in [4.69, 9.17) is 9.47 Å². The number of hydrogen-bond donors (Lipinski definition) is 3. The van der Waals surface area contributed by atoms with Gasteiger partial charge >= 0.3 is 5.97 Å². The van der Waals surface area contributed by atoms with Crippen molar-refractivity contribution >= 4 is 5.97 Å². The van der Waals surface area contributed by atoms with Crippen LogP contribution in [0.25, 0.3) is 0 Å². The number of hydrogen-bond acceptors (Lipinski definition) is 5. The molecule has 1 aromatic heterocycles. The first kappa shape index (κ1) is 14.4. The van der Waals surface area contributed by atoms with E-state index in [2.05, 4.69) is 15.3 Å². The van der Waals surface area contributed by atoms with Crippen molar-refractivity contribution in [2.24, 2.45) is 0 Å². The lowest BCUT2D eigenvalue weighted by molar-refractivity contribution is -0.139. The van der Waals surface area contributed by atoms with E-state index in [9.17, 15) is 9.90 Å². The molecule has 0 radical (unpaired) electrons. The van der Waals surface area contributed by atoms with E-state index < -0.39 is 12.0 Å². The number of H-pyrrole nitrogens is 1. The summed E-state index contributed by atoms with van der Waals surface area (Å²) >= 11 is 0. The van der Waals surface area contributed by atoms with Crippen molar-refractivity contribution in [2.75, 3.05) is 14.2 Å². The molecule has 0 amide bonds. The number of fused-ring (bicyclic) bond motifs is 1. The van der Waals surface area contributed by atoms with Crippen LogP contribution in [0.5, 0.6) is 11.5 Å². The van der Waals surface area contributed by atoms with Crippen LogP contribution in [0.2, 0.25) is 0 Å². The van der Waals surface area contributed by atoms with E-state index in [0.29, 0.717) is 17.9 Å². The number of carboxylic acid groups (broad SMARTS) is 1. The normalized spacial score (nSPS) is 20.3. The van der Waals surface area contributed by atoms with Gasteiger partial charge in [0.2, 0.25) is 0 Å².